The minimum Gasteiger partial charge on any atom is -0.466 e. The van der Waals surface area contributed by atoms with Gasteiger partial charge < -0.3 is 9.84 Å². The van der Waals surface area contributed by atoms with Gasteiger partial charge in [0.2, 0.25) is 0 Å². The van der Waals surface area contributed by atoms with Crippen LogP contribution >= 0.6 is 0 Å². The highest BCUT2D eigenvalue weighted by molar-refractivity contribution is 5.65. The van der Waals surface area contributed by atoms with E-state index in [-0.39, 0.29) is 5.97 Å². The number of rotatable bonds is 25. The first-order valence-corrected chi connectivity index (χ1v) is 15.5. The van der Waals surface area contributed by atoms with E-state index in [1.54, 1.807) is 0 Å². The summed E-state index contributed by atoms with van der Waals surface area (Å²) < 4.78 is 4.82. The molecule has 0 fully saturated rings. The highest BCUT2D eigenvalue weighted by Gasteiger charge is 1.90. The fraction of sp³-hybridized carbons (Fsp3) is 0.735. The van der Waals surface area contributed by atoms with Crippen LogP contribution in [0.2, 0.25) is 0 Å². The predicted molar refractivity (Wildman–Crippen MR) is 164 cm³/mol. The van der Waals surface area contributed by atoms with Gasteiger partial charge in [-0.2, -0.15) is 0 Å². The van der Waals surface area contributed by atoms with Crippen molar-refractivity contribution < 1.29 is 14.6 Å². The predicted octanol–water partition coefficient (Wildman–Crippen LogP) is 10.6. The molecular weight excluding hydrogens is 456 g/mol. The molecule has 0 rings (SSSR count). The third-order valence-electron chi connectivity index (χ3n) is 6.06. The SMILES string of the molecule is CCCCC/C=C/C/C=C/CCCCCCCCO.CCCCCCCC/C=C/C=C/CCOC(C)=O. The third kappa shape index (κ3) is 41.8. The van der Waals surface area contributed by atoms with Crippen molar-refractivity contribution in [3.05, 3.63) is 48.6 Å². The van der Waals surface area contributed by atoms with E-state index < -0.39 is 0 Å². The van der Waals surface area contributed by atoms with Gasteiger partial charge in [0.25, 0.3) is 0 Å². The molecule has 0 atom stereocenters. The molecule has 0 radical (unpaired) electrons. The molecule has 216 valence electrons. The van der Waals surface area contributed by atoms with Crippen LogP contribution in [0.1, 0.15) is 149 Å². The lowest BCUT2D eigenvalue weighted by molar-refractivity contribution is -0.140. The van der Waals surface area contributed by atoms with Crippen LogP contribution < -0.4 is 0 Å². The van der Waals surface area contributed by atoms with Crippen LogP contribution in [0.15, 0.2) is 48.6 Å². The van der Waals surface area contributed by atoms with Crippen molar-refractivity contribution in [3.63, 3.8) is 0 Å². The Kier molecular flexibility index (Phi) is 37.1. The van der Waals surface area contributed by atoms with Gasteiger partial charge in [0.1, 0.15) is 0 Å². The standard InChI is InChI=1S/C18H34O.C16H28O2/c1-2-3-4-5-6-7-8-9-10-11-12-13-14-15-16-17-18-19;1-3-4-5-6-7-8-9-10-11-12-13-14-15-18-16(2)17/h6-7,9-10,19H,2-5,8,11-18H2,1H3;10-13H,3-9,14-15H2,1-2H3/b7-6+,10-9+;11-10+,13-12+. The summed E-state index contributed by atoms with van der Waals surface area (Å²) in [5.41, 5.74) is 0. The molecule has 37 heavy (non-hydrogen) atoms. The van der Waals surface area contributed by atoms with Crippen LogP contribution in [-0.4, -0.2) is 24.3 Å². The lowest BCUT2D eigenvalue weighted by Gasteiger charge is -1.98. The van der Waals surface area contributed by atoms with Gasteiger partial charge in [0, 0.05) is 13.5 Å². The highest BCUT2D eigenvalue weighted by Crippen LogP contribution is 2.08. The number of carbonyl (C=O) groups excluding carboxylic acids is 1. The van der Waals surface area contributed by atoms with Crippen molar-refractivity contribution in [1.29, 1.82) is 0 Å². The molecule has 1 N–H and O–H groups in total. The number of aliphatic hydroxyl groups is 1. The van der Waals surface area contributed by atoms with E-state index in [0.29, 0.717) is 13.2 Å². The maximum absolute atomic E-state index is 10.5. The van der Waals surface area contributed by atoms with E-state index in [4.69, 9.17) is 9.84 Å². The van der Waals surface area contributed by atoms with Gasteiger partial charge in [0.05, 0.1) is 6.61 Å². The Morgan fingerprint density at radius 2 is 1.00 bits per heavy atom. The highest BCUT2D eigenvalue weighted by atomic mass is 16.5. The summed E-state index contributed by atoms with van der Waals surface area (Å²) in [7, 11) is 0. The molecular formula is C34H62O3. The van der Waals surface area contributed by atoms with E-state index in [9.17, 15) is 4.79 Å². The third-order valence-corrected chi connectivity index (χ3v) is 6.06. The monoisotopic (exact) mass is 518 g/mol. The second-order valence-electron chi connectivity index (χ2n) is 9.85. The van der Waals surface area contributed by atoms with Crippen LogP contribution in [0.3, 0.4) is 0 Å². The molecule has 0 aromatic heterocycles. The molecule has 0 spiro atoms. The molecule has 3 heteroatoms. The summed E-state index contributed by atoms with van der Waals surface area (Å²) >= 11 is 0. The van der Waals surface area contributed by atoms with Crippen LogP contribution in [0.5, 0.6) is 0 Å². The number of esters is 1. The van der Waals surface area contributed by atoms with Crippen molar-refractivity contribution in [1.82, 2.24) is 0 Å². The molecule has 0 saturated heterocycles. The molecule has 0 aliphatic rings. The van der Waals surface area contributed by atoms with Crippen molar-refractivity contribution in [2.24, 2.45) is 0 Å². The molecule has 0 unspecified atom stereocenters. The number of allylic oxidation sites excluding steroid dienone is 7. The van der Waals surface area contributed by atoms with E-state index in [0.717, 1.165) is 19.3 Å². The number of hydrogen-bond donors (Lipinski definition) is 1. The summed E-state index contributed by atoms with van der Waals surface area (Å²) in [5.74, 6) is -0.206. The first-order chi connectivity index (χ1) is 18.2. The summed E-state index contributed by atoms with van der Waals surface area (Å²) in [6.45, 7) is 6.77. The lowest BCUT2D eigenvalue weighted by Crippen LogP contribution is -1.98. The van der Waals surface area contributed by atoms with E-state index in [2.05, 4.69) is 50.3 Å². The van der Waals surface area contributed by atoms with Gasteiger partial charge >= 0.3 is 5.97 Å². The maximum Gasteiger partial charge on any atom is 0.302 e. The fourth-order valence-electron chi connectivity index (χ4n) is 3.76. The smallest absolute Gasteiger partial charge is 0.302 e. The molecule has 0 aliphatic heterocycles. The number of carbonyl (C=O) groups is 1. The topological polar surface area (TPSA) is 46.5 Å². The van der Waals surface area contributed by atoms with Crippen LogP contribution in [-0.2, 0) is 9.53 Å². The minimum atomic E-state index is -0.206. The molecule has 0 aliphatic carbocycles. The first kappa shape index (κ1) is 37.5. The molecule has 0 saturated carbocycles. The van der Waals surface area contributed by atoms with Crippen molar-refractivity contribution in [2.45, 2.75) is 149 Å². The zero-order valence-corrected chi connectivity index (χ0v) is 24.9. The van der Waals surface area contributed by atoms with Gasteiger partial charge in [-0.15, -0.1) is 0 Å². The van der Waals surface area contributed by atoms with E-state index in [1.165, 1.54) is 116 Å². The Hall–Kier alpha value is -1.61. The summed E-state index contributed by atoms with van der Waals surface area (Å²) in [6.07, 6.45) is 42.6. The average molecular weight is 519 g/mol. The Labute approximate surface area is 231 Å². The number of hydrogen-bond acceptors (Lipinski definition) is 3. The zero-order chi connectivity index (χ0) is 27.5. The molecule has 0 heterocycles. The number of unbranched alkanes of at least 4 members (excludes halogenated alkanes) is 15. The Morgan fingerprint density at radius 3 is 1.54 bits per heavy atom. The zero-order valence-electron chi connectivity index (χ0n) is 24.9. The van der Waals surface area contributed by atoms with Gasteiger partial charge in [-0.1, -0.05) is 133 Å². The summed E-state index contributed by atoms with van der Waals surface area (Å²) in [4.78, 5) is 10.5. The Balaban J connectivity index is 0. The largest absolute Gasteiger partial charge is 0.466 e. The van der Waals surface area contributed by atoms with Gasteiger partial charge in [0.15, 0.2) is 0 Å². The Morgan fingerprint density at radius 1 is 0.568 bits per heavy atom. The number of aliphatic hydroxyl groups excluding tert-OH is 1. The van der Waals surface area contributed by atoms with Crippen molar-refractivity contribution >= 4 is 5.97 Å². The van der Waals surface area contributed by atoms with Gasteiger partial charge in [-0.3, -0.25) is 4.79 Å². The van der Waals surface area contributed by atoms with E-state index >= 15 is 0 Å². The Bertz CT molecular complexity index is 545. The summed E-state index contributed by atoms with van der Waals surface area (Å²) in [6, 6.07) is 0. The van der Waals surface area contributed by atoms with Gasteiger partial charge in [-0.25, -0.2) is 0 Å². The molecule has 0 aromatic carbocycles. The number of ether oxygens (including phenoxy) is 1. The normalized spacial score (nSPS) is 11.7. The molecule has 3 nitrogen and oxygen atoms in total. The second-order valence-corrected chi connectivity index (χ2v) is 9.85. The van der Waals surface area contributed by atoms with E-state index in [1.807, 2.05) is 12.2 Å². The molecule has 0 aromatic rings. The maximum atomic E-state index is 10.5. The molecule has 0 amide bonds. The van der Waals surface area contributed by atoms with Gasteiger partial charge in [-0.05, 0) is 57.8 Å². The molecule has 0 bridgehead atoms. The first-order valence-electron chi connectivity index (χ1n) is 15.5. The lowest BCUT2D eigenvalue weighted by atomic mass is 10.1. The van der Waals surface area contributed by atoms with Crippen LogP contribution in [0.25, 0.3) is 0 Å². The fourth-order valence-corrected chi connectivity index (χ4v) is 3.76. The van der Waals surface area contributed by atoms with Crippen molar-refractivity contribution in [2.75, 3.05) is 13.2 Å². The second kappa shape index (κ2) is 36.5. The quantitative estimate of drug-likeness (QED) is 0.0565. The van der Waals surface area contributed by atoms with Crippen LogP contribution in [0.4, 0.5) is 0 Å². The summed E-state index contributed by atoms with van der Waals surface area (Å²) in [5, 5.41) is 8.66. The minimum absolute atomic E-state index is 0.206. The van der Waals surface area contributed by atoms with Crippen molar-refractivity contribution in [3.8, 4) is 0 Å². The van der Waals surface area contributed by atoms with Crippen LogP contribution in [0, 0.1) is 0 Å². The average Bonchev–Trinajstić information content (AvgIpc) is 2.89.